The second kappa shape index (κ2) is 7.01. The molecule has 5 nitrogen and oxygen atoms in total. The Morgan fingerprint density at radius 2 is 2.00 bits per heavy atom. The van der Waals surface area contributed by atoms with E-state index in [0.717, 1.165) is 6.07 Å². The lowest BCUT2D eigenvalue weighted by Gasteiger charge is -2.36. The summed E-state index contributed by atoms with van der Waals surface area (Å²) in [5.74, 6) is -0.254. The fourth-order valence-corrected chi connectivity index (χ4v) is 3.43. The average molecular weight is 410 g/mol. The van der Waals surface area contributed by atoms with Crippen LogP contribution in [-0.2, 0) is 6.18 Å². The molecule has 9 heteroatoms. The van der Waals surface area contributed by atoms with Crippen LogP contribution in [0.1, 0.15) is 28.8 Å². The fourth-order valence-electron chi connectivity index (χ4n) is 3.15. The Bertz CT molecular complexity index is 1030. The SMILES string of the molecule is O=C(NC1CC(Oc2cccc(C(F)(F)F)c2Cl)C1)c1cnn2ccccc12. The van der Waals surface area contributed by atoms with Crippen LogP contribution in [0.3, 0.4) is 0 Å². The van der Waals surface area contributed by atoms with Gasteiger partial charge in [-0.15, -0.1) is 0 Å². The van der Waals surface area contributed by atoms with Crippen molar-refractivity contribution < 1.29 is 22.7 Å². The number of benzene rings is 1. The summed E-state index contributed by atoms with van der Waals surface area (Å²) in [6, 6.07) is 8.88. The number of pyridine rings is 1. The minimum atomic E-state index is -4.54. The van der Waals surface area contributed by atoms with E-state index < -0.39 is 16.8 Å². The van der Waals surface area contributed by atoms with Gasteiger partial charge in [0.1, 0.15) is 11.9 Å². The number of aromatic nitrogens is 2. The number of halogens is 4. The van der Waals surface area contributed by atoms with Gasteiger partial charge in [-0.05, 0) is 24.3 Å². The molecule has 1 aliphatic carbocycles. The van der Waals surface area contributed by atoms with E-state index in [9.17, 15) is 18.0 Å². The lowest BCUT2D eigenvalue weighted by atomic mass is 9.89. The molecule has 1 fully saturated rings. The number of amides is 1. The first-order chi connectivity index (χ1) is 13.3. The quantitative estimate of drug-likeness (QED) is 0.697. The van der Waals surface area contributed by atoms with Crippen LogP contribution in [0, 0.1) is 0 Å². The molecule has 0 atom stereocenters. The van der Waals surface area contributed by atoms with Gasteiger partial charge in [0.25, 0.3) is 5.91 Å². The maximum Gasteiger partial charge on any atom is 0.417 e. The van der Waals surface area contributed by atoms with Gasteiger partial charge in [-0.2, -0.15) is 18.3 Å². The van der Waals surface area contributed by atoms with Crippen molar-refractivity contribution in [1.82, 2.24) is 14.9 Å². The van der Waals surface area contributed by atoms with Gasteiger partial charge in [0.05, 0.1) is 27.9 Å². The molecule has 0 radical (unpaired) electrons. The highest BCUT2D eigenvalue weighted by Crippen LogP contribution is 2.40. The van der Waals surface area contributed by atoms with E-state index in [2.05, 4.69) is 10.4 Å². The van der Waals surface area contributed by atoms with Crippen LogP contribution in [0.15, 0.2) is 48.8 Å². The number of ether oxygens (including phenoxy) is 1. The molecule has 0 unspecified atom stereocenters. The lowest BCUT2D eigenvalue weighted by Crippen LogP contribution is -2.49. The van der Waals surface area contributed by atoms with Crippen LogP contribution in [0.5, 0.6) is 5.75 Å². The van der Waals surface area contributed by atoms with Crippen molar-refractivity contribution in [2.24, 2.45) is 0 Å². The molecule has 1 aromatic carbocycles. The van der Waals surface area contributed by atoms with Gasteiger partial charge in [0.2, 0.25) is 0 Å². The predicted molar refractivity (Wildman–Crippen MR) is 96.6 cm³/mol. The van der Waals surface area contributed by atoms with Crippen LogP contribution in [0.2, 0.25) is 5.02 Å². The third-order valence-electron chi connectivity index (χ3n) is 4.66. The topological polar surface area (TPSA) is 55.6 Å². The number of nitrogens with one attached hydrogen (secondary N) is 1. The number of carbonyl (C=O) groups is 1. The van der Waals surface area contributed by atoms with Crippen molar-refractivity contribution in [3.63, 3.8) is 0 Å². The highest BCUT2D eigenvalue weighted by atomic mass is 35.5. The number of hydrogen-bond acceptors (Lipinski definition) is 3. The first-order valence-electron chi connectivity index (χ1n) is 8.58. The molecular weight excluding hydrogens is 395 g/mol. The highest BCUT2D eigenvalue weighted by Gasteiger charge is 2.36. The zero-order chi connectivity index (χ0) is 19.9. The summed E-state index contributed by atoms with van der Waals surface area (Å²) in [6.07, 6.45) is -0.636. The van der Waals surface area contributed by atoms with Crippen LogP contribution in [0.4, 0.5) is 13.2 Å². The molecule has 0 spiro atoms. The number of hydrogen-bond donors (Lipinski definition) is 1. The Morgan fingerprint density at radius 1 is 1.21 bits per heavy atom. The molecule has 1 N–H and O–H groups in total. The third kappa shape index (κ3) is 3.52. The van der Waals surface area contributed by atoms with E-state index >= 15 is 0 Å². The molecule has 1 saturated carbocycles. The Labute approximate surface area is 163 Å². The van der Waals surface area contributed by atoms with Crippen molar-refractivity contribution in [2.45, 2.75) is 31.2 Å². The summed E-state index contributed by atoms with van der Waals surface area (Å²) < 4.78 is 46.0. The Hall–Kier alpha value is -2.74. The third-order valence-corrected chi connectivity index (χ3v) is 5.05. The fraction of sp³-hybridized carbons (Fsp3) is 0.263. The van der Waals surface area contributed by atoms with Crippen molar-refractivity contribution in [2.75, 3.05) is 0 Å². The predicted octanol–water partition coefficient (Wildman–Crippen LogP) is 4.35. The van der Waals surface area contributed by atoms with Crippen LogP contribution in [-0.4, -0.2) is 27.7 Å². The van der Waals surface area contributed by atoms with Gasteiger partial charge in [-0.1, -0.05) is 23.7 Å². The molecule has 1 amide bonds. The maximum atomic E-state index is 12.9. The van der Waals surface area contributed by atoms with Crippen molar-refractivity contribution in [3.05, 3.63) is 64.9 Å². The number of rotatable bonds is 4. The van der Waals surface area contributed by atoms with E-state index in [-0.39, 0.29) is 23.8 Å². The average Bonchev–Trinajstić information content (AvgIpc) is 3.04. The molecular formula is C19H15ClF3N3O2. The van der Waals surface area contributed by atoms with Gasteiger partial charge < -0.3 is 10.1 Å². The first kappa shape index (κ1) is 18.6. The van der Waals surface area contributed by atoms with E-state index in [0.29, 0.717) is 23.9 Å². The Kier molecular flexibility index (Phi) is 4.66. The molecule has 2 heterocycles. The highest BCUT2D eigenvalue weighted by molar-refractivity contribution is 6.32. The first-order valence-corrected chi connectivity index (χ1v) is 8.96. The zero-order valence-electron chi connectivity index (χ0n) is 14.4. The second-order valence-electron chi connectivity index (χ2n) is 6.59. The zero-order valence-corrected chi connectivity index (χ0v) is 15.2. The second-order valence-corrected chi connectivity index (χ2v) is 6.96. The van der Waals surface area contributed by atoms with Gasteiger partial charge in [-0.3, -0.25) is 4.79 Å². The number of alkyl halides is 3. The molecule has 2 aromatic heterocycles. The largest absolute Gasteiger partial charge is 0.489 e. The molecule has 28 heavy (non-hydrogen) atoms. The van der Waals surface area contributed by atoms with Crippen LogP contribution in [0.25, 0.3) is 5.52 Å². The summed E-state index contributed by atoms with van der Waals surface area (Å²) >= 11 is 5.84. The Balaban J connectivity index is 1.36. The van der Waals surface area contributed by atoms with E-state index in [1.807, 2.05) is 12.1 Å². The van der Waals surface area contributed by atoms with Gasteiger partial charge in [0.15, 0.2) is 0 Å². The van der Waals surface area contributed by atoms with E-state index in [1.54, 1.807) is 16.8 Å². The smallest absolute Gasteiger partial charge is 0.417 e. The van der Waals surface area contributed by atoms with Crippen molar-refractivity contribution in [3.8, 4) is 5.75 Å². The standard InChI is InChI=1S/C19H15ClF3N3O2/c20-17-14(19(21,22)23)4-3-6-16(17)28-12-8-11(9-12)25-18(27)13-10-24-26-7-2-1-5-15(13)26/h1-7,10-12H,8-9H2,(H,25,27). The monoisotopic (exact) mass is 409 g/mol. The van der Waals surface area contributed by atoms with Gasteiger partial charge in [-0.25, -0.2) is 4.52 Å². The number of nitrogens with zero attached hydrogens (tertiary/aromatic N) is 2. The molecule has 3 aromatic rings. The number of fused-ring (bicyclic) bond motifs is 1. The van der Waals surface area contributed by atoms with Gasteiger partial charge >= 0.3 is 6.18 Å². The normalized spacial score (nSPS) is 19.3. The van der Waals surface area contributed by atoms with E-state index in [1.165, 1.54) is 18.3 Å². The lowest BCUT2D eigenvalue weighted by molar-refractivity contribution is -0.137. The molecule has 4 rings (SSSR count). The minimum absolute atomic E-state index is 0.00565. The molecule has 0 bridgehead atoms. The number of carbonyl (C=O) groups excluding carboxylic acids is 1. The molecule has 0 saturated heterocycles. The summed E-state index contributed by atoms with van der Waals surface area (Å²) in [5, 5.41) is 6.57. The summed E-state index contributed by atoms with van der Waals surface area (Å²) in [6.45, 7) is 0. The Morgan fingerprint density at radius 3 is 2.75 bits per heavy atom. The van der Waals surface area contributed by atoms with Crippen molar-refractivity contribution >= 4 is 23.0 Å². The van der Waals surface area contributed by atoms with Crippen LogP contribution >= 0.6 is 11.6 Å². The maximum absolute atomic E-state index is 12.9. The molecule has 0 aliphatic heterocycles. The van der Waals surface area contributed by atoms with E-state index in [4.69, 9.17) is 16.3 Å². The summed E-state index contributed by atoms with van der Waals surface area (Å²) in [4.78, 5) is 12.4. The molecule has 1 aliphatic rings. The summed E-state index contributed by atoms with van der Waals surface area (Å²) in [5.41, 5.74) is 0.234. The van der Waals surface area contributed by atoms with Crippen LogP contribution < -0.4 is 10.1 Å². The summed E-state index contributed by atoms with van der Waals surface area (Å²) in [7, 11) is 0. The minimum Gasteiger partial charge on any atom is -0.489 e. The van der Waals surface area contributed by atoms with Gasteiger partial charge in [0, 0.05) is 25.1 Å². The van der Waals surface area contributed by atoms with Crippen molar-refractivity contribution in [1.29, 1.82) is 0 Å². The molecule has 146 valence electrons.